The van der Waals surface area contributed by atoms with Crippen LogP contribution < -0.4 is 9.62 Å². The highest BCUT2D eigenvalue weighted by Gasteiger charge is 2.32. The number of benzene rings is 1. The van der Waals surface area contributed by atoms with Gasteiger partial charge >= 0.3 is 0 Å². The fourth-order valence-electron chi connectivity index (χ4n) is 2.27. The van der Waals surface area contributed by atoms with Gasteiger partial charge in [-0.15, -0.1) is 0 Å². The third-order valence-electron chi connectivity index (χ3n) is 3.65. The first-order chi connectivity index (χ1) is 9.32. The first-order valence-electron chi connectivity index (χ1n) is 6.70. The maximum Gasteiger partial charge on any atom is 0.228 e. The largest absolute Gasteiger partial charge is 0.311 e. The third kappa shape index (κ3) is 3.19. The summed E-state index contributed by atoms with van der Waals surface area (Å²) in [5, 5.41) is 0. The summed E-state index contributed by atoms with van der Waals surface area (Å²) < 4.78 is 25.7. The standard InChI is InChI=1S/C14H20N2O3S/c1-4-20(18,19)15-12-8-14(17)16(9-12)13-6-5-10(2)11(3)7-13/h5-7,12,15H,4,8-9H2,1-3H3. The Hall–Kier alpha value is -1.40. The summed E-state index contributed by atoms with van der Waals surface area (Å²) in [7, 11) is -3.28. The van der Waals surface area contributed by atoms with Gasteiger partial charge in [0.2, 0.25) is 15.9 Å². The number of nitrogens with one attached hydrogen (secondary N) is 1. The van der Waals surface area contributed by atoms with Gasteiger partial charge in [0, 0.05) is 24.7 Å². The van der Waals surface area contributed by atoms with E-state index in [9.17, 15) is 13.2 Å². The second-order valence-corrected chi connectivity index (χ2v) is 7.24. The van der Waals surface area contributed by atoms with Gasteiger partial charge in [0.15, 0.2) is 0 Å². The zero-order valence-electron chi connectivity index (χ0n) is 12.0. The number of amides is 1. The van der Waals surface area contributed by atoms with Crippen molar-refractivity contribution in [1.29, 1.82) is 0 Å². The molecule has 1 aromatic carbocycles. The molecule has 0 radical (unpaired) electrons. The summed E-state index contributed by atoms with van der Waals surface area (Å²) in [4.78, 5) is 13.7. The Morgan fingerprint density at radius 2 is 2.00 bits per heavy atom. The monoisotopic (exact) mass is 296 g/mol. The molecule has 1 amide bonds. The first kappa shape index (κ1) is 15.0. The molecule has 1 atom stereocenters. The molecule has 0 bridgehead atoms. The number of sulfonamides is 1. The van der Waals surface area contributed by atoms with E-state index in [1.54, 1.807) is 11.8 Å². The predicted octanol–water partition coefficient (Wildman–Crippen LogP) is 1.35. The molecule has 20 heavy (non-hydrogen) atoms. The third-order valence-corrected chi connectivity index (χ3v) is 5.11. The number of hydrogen-bond acceptors (Lipinski definition) is 3. The maximum absolute atomic E-state index is 12.0. The lowest BCUT2D eigenvalue weighted by Crippen LogP contribution is -2.37. The topological polar surface area (TPSA) is 66.5 Å². The normalized spacial score (nSPS) is 19.6. The molecule has 0 aliphatic carbocycles. The number of aryl methyl sites for hydroxylation is 2. The van der Waals surface area contributed by atoms with Gasteiger partial charge in [-0.3, -0.25) is 4.79 Å². The summed E-state index contributed by atoms with van der Waals surface area (Å²) in [5.41, 5.74) is 3.12. The molecule has 0 saturated carbocycles. The Bertz CT molecular complexity index is 625. The molecule has 5 nitrogen and oxygen atoms in total. The van der Waals surface area contributed by atoms with Crippen molar-refractivity contribution in [3.63, 3.8) is 0 Å². The van der Waals surface area contributed by atoms with E-state index < -0.39 is 10.0 Å². The van der Waals surface area contributed by atoms with Crippen LogP contribution in [0.15, 0.2) is 18.2 Å². The van der Waals surface area contributed by atoms with Gasteiger partial charge in [0.05, 0.1) is 5.75 Å². The van der Waals surface area contributed by atoms with Crippen molar-refractivity contribution in [1.82, 2.24) is 4.72 Å². The maximum atomic E-state index is 12.0. The molecular formula is C14H20N2O3S. The molecule has 0 aromatic heterocycles. The summed E-state index contributed by atoms with van der Waals surface area (Å²) in [6.07, 6.45) is 0.214. The van der Waals surface area contributed by atoms with E-state index in [4.69, 9.17) is 0 Å². The molecule has 1 fully saturated rings. The highest BCUT2D eigenvalue weighted by atomic mass is 32.2. The highest BCUT2D eigenvalue weighted by Crippen LogP contribution is 2.24. The van der Waals surface area contributed by atoms with Gasteiger partial charge in [-0.05, 0) is 44.0 Å². The zero-order valence-corrected chi connectivity index (χ0v) is 12.8. The highest BCUT2D eigenvalue weighted by molar-refractivity contribution is 7.89. The summed E-state index contributed by atoms with van der Waals surface area (Å²) in [6.45, 7) is 5.99. The van der Waals surface area contributed by atoms with Crippen LogP contribution in [0.2, 0.25) is 0 Å². The van der Waals surface area contributed by atoms with Gasteiger partial charge in [-0.25, -0.2) is 13.1 Å². The number of rotatable bonds is 4. The smallest absolute Gasteiger partial charge is 0.228 e. The quantitative estimate of drug-likeness (QED) is 0.912. The van der Waals surface area contributed by atoms with Crippen molar-refractivity contribution in [2.24, 2.45) is 0 Å². The van der Waals surface area contributed by atoms with E-state index in [-0.39, 0.29) is 24.1 Å². The van der Waals surface area contributed by atoms with Gasteiger partial charge in [0.25, 0.3) is 0 Å². The zero-order chi connectivity index (χ0) is 14.9. The number of carbonyl (C=O) groups is 1. The van der Waals surface area contributed by atoms with E-state index >= 15 is 0 Å². The van der Waals surface area contributed by atoms with Gasteiger partial charge in [0.1, 0.15) is 0 Å². The number of anilines is 1. The molecule has 2 rings (SSSR count). The molecule has 1 aromatic rings. The lowest BCUT2D eigenvalue weighted by atomic mass is 10.1. The van der Waals surface area contributed by atoms with Crippen LogP contribution >= 0.6 is 0 Å². The van der Waals surface area contributed by atoms with Crippen LogP contribution in [0.1, 0.15) is 24.5 Å². The minimum Gasteiger partial charge on any atom is -0.311 e. The predicted molar refractivity (Wildman–Crippen MR) is 79.3 cm³/mol. The molecule has 1 saturated heterocycles. The van der Waals surface area contributed by atoms with Gasteiger partial charge < -0.3 is 4.90 Å². The van der Waals surface area contributed by atoms with E-state index in [1.165, 1.54) is 5.56 Å². The van der Waals surface area contributed by atoms with Crippen LogP contribution in [-0.2, 0) is 14.8 Å². The number of carbonyl (C=O) groups excluding carboxylic acids is 1. The van der Waals surface area contributed by atoms with Gasteiger partial charge in [-0.1, -0.05) is 6.07 Å². The lowest BCUT2D eigenvalue weighted by molar-refractivity contribution is -0.117. The van der Waals surface area contributed by atoms with Crippen LogP contribution in [0.25, 0.3) is 0 Å². The van der Waals surface area contributed by atoms with Crippen molar-refractivity contribution in [3.8, 4) is 0 Å². The van der Waals surface area contributed by atoms with E-state index in [0.29, 0.717) is 6.54 Å². The molecule has 1 aliphatic rings. The van der Waals surface area contributed by atoms with Crippen molar-refractivity contribution < 1.29 is 13.2 Å². The summed E-state index contributed by atoms with van der Waals surface area (Å²) >= 11 is 0. The van der Waals surface area contributed by atoms with Crippen LogP contribution in [0.5, 0.6) is 0 Å². The van der Waals surface area contributed by atoms with Crippen LogP contribution in [0, 0.1) is 13.8 Å². The van der Waals surface area contributed by atoms with Gasteiger partial charge in [-0.2, -0.15) is 0 Å². The Kier molecular flexibility index (Phi) is 4.15. The average Bonchev–Trinajstić information content (AvgIpc) is 2.73. The van der Waals surface area contributed by atoms with Crippen molar-refractivity contribution in [2.75, 3.05) is 17.2 Å². The van der Waals surface area contributed by atoms with Crippen molar-refractivity contribution >= 4 is 21.6 Å². The summed E-state index contributed by atoms with van der Waals surface area (Å²) in [5.74, 6) is -0.0153. The van der Waals surface area contributed by atoms with E-state index in [1.807, 2.05) is 32.0 Å². The molecule has 6 heteroatoms. The Labute approximate surface area is 120 Å². The lowest BCUT2D eigenvalue weighted by Gasteiger charge is -2.18. The Balaban J connectivity index is 2.15. The minimum atomic E-state index is -3.28. The van der Waals surface area contributed by atoms with Crippen LogP contribution in [-0.4, -0.2) is 32.7 Å². The van der Waals surface area contributed by atoms with E-state index in [0.717, 1.165) is 11.3 Å². The summed E-state index contributed by atoms with van der Waals surface area (Å²) in [6, 6.07) is 5.50. The molecule has 110 valence electrons. The number of nitrogens with zero attached hydrogens (tertiary/aromatic N) is 1. The Morgan fingerprint density at radius 3 is 2.60 bits per heavy atom. The average molecular weight is 296 g/mol. The minimum absolute atomic E-state index is 0.0291. The molecule has 0 spiro atoms. The number of hydrogen-bond donors (Lipinski definition) is 1. The van der Waals surface area contributed by atoms with Crippen LogP contribution in [0.4, 0.5) is 5.69 Å². The molecular weight excluding hydrogens is 276 g/mol. The molecule has 1 aliphatic heterocycles. The second kappa shape index (κ2) is 5.54. The molecule has 1 unspecified atom stereocenters. The fourth-order valence-corrected chi connectivity index (χ4v) is 3.10. The van der Waals surface area contributed by atoms with E-state index in [2.05, 4.69) is 4.72 Å². The van der Waals surface area contributed by atoms with Crippen molar-refractivity contribution in [3.05, 3.63) is 29.3 Å². The SMILES string of the molecule is CCS(=O)(=O)NC1CC(=O)N(c2ccc(C)c(C)c2)C1. The molecule has 1 heterocycles. The van der Waals surface area contributed by atoms with Crippen molar-refractivity contribution in [2.45, 2.75) is 33.2 Å². The van der Waals surface area contributed by atoms with Crippen LogP contribution in [0.3, 0.4) is 0 Å². The fraction of sp³-hybridized carbons (Fsp3) is 0.500. The first-order valence-corrected chi connectivity index (χ1v) is 8.35. The Morgan fingerprint density at radius 1 is 1.30 bits per heavy atom. The molecule has 1 N–H and O–H groups in total. The second-order valence-electron chi connectivity index (χ2n) is 5.20.